The normalized spacial score (nSPS) is 9.60. The summed E-state index contributed by atoms with van der Waals surface area (Å²) in [5.74, 6) is 0. The lowest BCUT2D eigenvalue weighted by atomic mass is 10.1. The van der Waals surface area contributed by atoms with E-state index >= 15 is 0 Å². The zero-order valence-electron chi connectivity index (χ0n) is 7.91. The van der Waals surface area contributed by atoms with Crippen LogP contribution in [0.25, 0.3) is 0 Å². The van der Waals surface area contributed by atoms with E-state index in [1.807, 2.05) is 12.1 Å². The Kier molecular flexibility index (Phi) is 2.69. The predicted octanol–water partition coefficient (Wildman–Crippen LogP) is 1.70. The zero-order chi connectivity index (χ0) is 10.5. The Labute approximate surface area is 86.9 Å². The molecule has 1 N–H and O–H groups in total. The topological polar surface area (TPSA) is 58.4 Å². The minimum atomic E-state index is 0.469. The van der Waals surface area contributed by atoms with E-state index in [1.54, 1.807) is 36.9 Å². The molecule has 0 unspecified atom stereocenters. The van der Waals surface area contributed by atoms with Crippen molar-refractivity contribution in [3.8, 4) is 0 Å². The van der Waals surface area contributed by atoms with Gasteiger partial charge in [0.1, 0.15) is 5.71 Å². The average molecular weight is 199 g/mol. The summed E-state index contributed by atoms with van der Waals surface area (Å²) in [6.07, 6.45) is 6.62. The van der Waals surface area contributed by atoms with Gasteiger partial charge in [0.15, 0.2) is 0 Å². The lowest BCUT2D eigenvalue weighted by molar-refractivity contribution is 0.319. The smallest absolute Gasteiger partial charge is 0.120 e. The molecule has 0 saturated heterocycles. The van der Waals surface area contributed by atoms with Crippen molar-refractivity contribution in [2.75, 3.05) is 0 Å². The van der Waals surface area contributed by atoms with E-state index in [-0.39, 0.29) is 0 Å². The number of hydrogen-bond acceptors (Lipinski definition) is 4. The van der Waals surface area contributed by atoms with Crippen LogP contribution < -0.4 is 0 Å². The van der Waals surface area contributed by atoms with Gasteiger partial charge in [-0.1, -0.05) is 5.16 Å². The Hall–Kier alpha value is -2.23. The molecule has 0 aliphatic rings. The largest absolute Gasteiger partial charge is 0.410 e. The summed E-state index contributed by atoms with van der Waals surface area (Å²) in [7, 11) is 0. The average Bonchev–Trinajstić information content (AvgIpc) is 2.33. The van der Waals surface area contributed by atoms with E-state index in [0.29, 0.717) is 5.71 Å². The number of rotatable bonds is 2. The number of oxime groups is 1. The fourth-order valence-corrected chi connectivity index (χ4v) is 1.29. The molecule has 4 nitrogen and oxygen atoms in total. The molecule has 0 radical (unpaired) electrons. The number of pyridine rings is 2. The molecule has 15 heavy (non-hydrogen) atoms. The van der Waals surface area contributed by atoms with Gasteiger partial charge in [-0.15, -0.1) is 0 Å². The van der Waals surface area contributed by atoms with Crippen LogP contribution in [0.5, 0.6) is 0 Å². The van der Waals surface area contributed by atoms with Crippen LogP contribution in [0.15, 0.2) is 54.2 Å². The second-order valence-corrected chi connectivity index (χ2v) is 2.93. The molecule has 74 valence electrons. The fourth-order valence-electron chi connectivity index (χ4n) is 1.29. The van der Waals surface area contributed by atoms with E-state index in [2.05, 4.69) is 15.1 Å². The summed E-state index contributed by atoms with van der Waals surface area (Å²) in [6.45, 7) is 0. The van der Waals surface area contributed by atoms with Crippen molar-refractivity contribution in [1.29, 1.82) is 0 Å². The van der Waals surface area contributed by atoms with Crippen LogP contribution in [-0.4, -0.2) is 20.9 Å². The highest BCUT2D eigenvalue weighted by atomic mass is 16.4. The maximum Gasteiger partial charge on any atom is 0.120 e. The molecule has 0 aliphatic carbocycles. The third kappa shape index (κ3) is 1.99. The summed E-state index contributed by atoms with van der Waals surface area (Å²) in [4.78, 5) is 7.93. The zero-order valence-corrected chi connectivity index (χ0v) is 7.91. The van der Waals surface area contributed by atoms with Crippen LogP contribution in [0.4, 0.5) is 0 Å². The summed E-state index contributed by atoms with van der Waals surface area (Å²) < 4.78 is 0. The minimum Gasteiger partial charge on any atom is -0.410 e. The van der Waals surface area contributed by atoms with Gasteiger partial charge in [-0.05, 0) is 24.3 Å². The molecule has 2 rings (SSSR count). The van der Waals surface area contributed by atoms with Crippen molar-refractivity contribution in [3.05, 3.63) is 60.2 Å². The van der Waals surface area contributed by atoms with E-state index in [0.717, 1.165) is 11.1 Å². The van der Waals surface area contributed by atoms with E-state index in [9.17, 15) is 0 Å². The molecule has 0 amide bonds. The molecule has 4 heteroatoms. The second kappa shape index (κ2) is 4.32. The van der Waals surface area contributed by atoms with Crippen LogP contribution in [0.3, 0.4) is 0 Å². The van der Waals surface area contributed by atoms with Gasteiger partial charge in [0.25, 0.3) is 0 Å². The van der Waals surface area contributed by atoms with Crippen molar-refractivity contribution in [2.45, 2.75) is 0 Å². The van der Waals surface area contributed by atoms with Crippen LogP contribution >= 0.6 is 0 Å². The van der Waals surface area contributed by atoms with Crippen LogP contribution in [-0.2, 0) is 0 Å². The lowest BCUT2D eigenvalue weighted by Crippen LogP contribution is -2.03. The van der Waals surface area contributed by atoms with Gasteiger partial charge in [-0.2, -0.15) is 0 Å². The minimum absolute atomic E-state index is 0.469. The first-order valence-electron chi connectivity index (χ1n) is 4.44. The van der Waals surface area contributed by atoms with E-state index in [4.69, 9.17) is 5.21 Å². The molecule has 0 saturated carbocycles. The first-order valence-corrected chi connectivity index (χ1v) is 4.44. The summed E-state index contributed by atoms with van der Waals surface area (Å²) in [5, 5.41) is 12.2. The lowest BCUT2D eigenvalue weighted by Gasteiger charge is -2.02. The van der Waals surface area contributed by atoms with Gasteiger partial charge in [0.2, 0.25) is 0 Å². The van der Waals surface area contributed by atoms with Crippen molar-refractivity contribution >= 4 is 5.71 Å². The molecule has 2 heterocycles. The molecule has 0 bridgehead atoms. The Balaban J connectivity index is 2.44. The van der Waals surface area contributed by atoms with Crippen LogP contribution in [0.2, 0.25) is 0 Å². The van der Waals surface area contributed by atoms with Crippen LogP contribution in [0.1, 0.15) is 11.1 Å². The summed E-state index contributed by atoms with van der Waals surface area (Å²) in [5.41, 5.74) is 1.98. The van der Waals surface area contributed by atoms with Gasteiger partial charge in [-0.3, -0.25) is 9.97 Å². The molecular formula is C11H9N3O. The Bertz CT molecular complexity index is 412. The highest BCUT2D eigenvalue weighted by molar-refractivity contribution is 6.12. The molecule has 2 aromatic rings. The molecule has 0 spiro atoms. The van der Waals surface area contributed by atoms with E-state index < -0.39 is 0 Å². The predicted molar refractivity (Wildman–Crippen MR) is 55.9 cm³/mol. The van der Waals surface area contributed by atoms with Crippen molar-refractivity contribution in [3.63, 3.8) is 0 Å². The number of nitrogens with zero attached hydrogens (tertiary/aromatic N) is 3. The van der Waals surface area contributed by atoms with Gasteiger partial charge in [0, 0.05) is 35.9 Å². The van der Waals surface area contributed by atoms with Gasteiger partial charge < -0.3 is 5.21 Å². The fraction of sp³-hybridized carbons (Fsp3) is 0. The molecule has 2 aromatic heterocycles. The highest BCUT2D eigenvalue weighted by Crippen LogP contribution is 2.07. The highest BCUT2D eigenvalue weighted by Gasteiger charge is 2.06. The Morgan fingerprint density at radius 2 is 1.53 bits per heavy atom. The standard InChI is InChI=1S/C11H9N3O/c15-14-11(9-3-1-5-12-7-9)10-4-2-6-13-8-10/h1-8,15H. The second-order valence-electron chi connectivity index (χ2n) is 2.93. The maximum atomic E-state index is 8.97. The third-order valence-corrected chi connectivity index (χ3v) is 1.97. The maximum absolute atomic E-state index is 8.97. The summed E-state index contributed by atoms with van der Waals surface area (Å²) in [6, 6.07) is 7.23. The molecule has 0 atom stereocenters. The first kappa shape index (κ1) is 9.33. The molecular weight excluding hydrogens is 190 g/mol. The Morgan fingerprint density at radius 3 is 1.87 bits per heavy atom. The van der Waals surface area contributed by atoms with Crippen LogP contribution in [0, 0.1) is 0 Å². The quantitative estimate of drug-likeness (QED) is 0.455. The SMILES string of the molecule is ON=C(c1cccnc1)c1cccnc1. The number of aromatic nitrogens is 2. The Morgan fingerprint density at radius 1 is 1.00 bits per heavy atom. The molecule has 0 fully saturated rings. The third-order valence-electron chi connectivity index (χ3n) is 1.97. The van der Waals surface area contributed by atoms with Crippen molar-refractivity contribution in [1.82, 2.24) is 9.97 Å². The van der Waals surface area contributed by atoms with Gasteiger partial charge >= 0.3 is 0 Å². The van der Waals surface area contributed by atoms with Crippen molar-refractivity contribution < 1.29 is 5.21 Å². The van der Waals surface area contributed by atoms with Gasteiger partial charge in [0.05, 0.1) is 0 Å². The number of hydrogen-bond donors (Lipinski definition) is 1. The van der Waals surface area contributed by atoms with E-state index in [1.165, 1.54) is 0 Å². The van der Waals surface area contributed by atoms with Crippen molar-refractivity contribution in [2.24, 2.45) is 5.16 Å². The first-order chi connectivity index (χ1) is 7.42. The monoisotopic (exact) mass is 199 g/mol. The molecule has 0 aliphatic heterocycles. The summed E-state index contributed by atoms with van der Waals surface area (Å²) >= 11 is 0. The van der Waals surface area contributed by atoms with Gasteiger partial charge in [-0.25, -0.2) is 0 Å². The molecule has 0 aromatic carbocycles.